The zero-order valence-corrected chi connectivity index (χ0v) is 15.2. The van der Waals surface area contributed by atoms with Crippen molar-refractivity contribution in [3.63, 3.8) is 0 Å². The topological polar surface area (TPSA) is 80.8 Å². The van der Waals surface area contributed by atoms with Crippen LogP contribution in [-0.4, -0.2) is 49.5 Å². The number of rotatable bonds is 8. The molecule has 2 amide bonds. The molecule has 2 rings (SSSR count). The highest BCUT2D eigenvalue weighted by Crippen LogP contribution is 2.29. The maximum atomic E-state index is 12.2. The number of anilines is 1. The molecule has 0 radical (unpaired) electrons. The molecule has 138 valence electrons. The van der Waals surface area contributed by atoms with E-state index < -0.39 is 0 Å². The lowest BCUT2D eigenvalue weighted by Gasteiger charge is -2.17. The van der Waals surface area contributed by atoms with Gasteiger partial charge >= 0.3 is 0 Å². The minimum absolute atomic E-state index is 0.221. The van der Waals surface area contributed by atoms with Crippen molar-refractivity contribution in [3.8, 4) is 11.5 Å². The monoisotopic (exact) mass is 357 g/mol. The second-order valence-electron chi connectivity index (χ2n) is 5.72. The van der Waals surface area contributed by atoms with E-state index in [0.29, 0.717) is 30.2 Å². The van der Waals surface area contributed by atoms with Gasteiger partial charge in [0.15, 0.2) is 11.5 Å². The molecular formula is C19H23N3O4. The number of carbonyl (C=O) groups is 2. The number of amides is 2. The number of aromatic nitrogens is 1. The molecule has 1 aromatic carbocycles. The van der Waals surface area contributed by atoms with Crippen molar-refractivity contribution in [1.82, 2.24) is 9.88 Å². The Balaban J connectivity index is 1.85. The highest BCUT2D eigenvalue weighted by atomic mass is 16.5. The predicted octanol–water partition coefficient (Wildman–Crippen LogP) is 2.13. The summed E-state index contributed by atoms with van der Waals surface area (Å²) in [5, 5.41) is 2.70. The predicted molar refractivity (Wildman–Crippen MR) is 98.4 cm³/mol. The van der Waals surface area contributed by atoms with Crippen LogP contribution >= 0.6 is 0 Å². The number of benzene rings is 1. The number of hydrogen-bond acceptors (Lipinski definition) is 5. The summed E-state index contributed by atoms with van der Waals surface area (Å²) in [6.07, 6.45) is 3.92. The van der Waals surface area contributed by atoms with E-state index in [1.54, 1.807) is 42.5 Å². The maximum Gasteiger partial charge on any atom is 0.233 e. The summed E-state index contributed by atoms with van der Waals surface area (Å²) in [7, 11) is 4.74. The van der Waals surface area contributed by atoms with Crippen molar-refractivity contribution in [3.05, 3.63) is 48.3 Å². The molecule has 0 saturated carbocycles. The van der Waals surface area contributed by atoms with Gasteiger partial charge in [0.05, 0.1) is 14.2 Å². The van der Waals surface area contributed by atoms with Gasteiger partial charge in [0.2, 0.25) is 11.8 Å². The lowest BCUT2D eigenvalue weighted by Crippen LogP contribution is -2.32. The number of pyridine rings is 1. The van der Waals surface area contributed by atoms with Crippen LogP contribution in [0.25, 0.3) is 0 Å². The highest BCUT2D eigenvalue weighted by molar-refractivity contribution is 6.03. The molecule has 0 bridgehead atoms. The molecule has 0 unspecified atom stereocenters. The van der Waals surface area contributed by atoms with Crippen LogP contribution in [0.2, 0.25) is 0 Å². The van der Waals surface area contributed by atoms with Crippen LogP contribution in [0.15, 0.2) is 42.7 Å². The summed E-state index contributed by atoms with van der Waals surface area (Å²) in [4.78, 5) is 29.8. The van der Waals surface area contributed by atoms with Gasteiger partial charge in [0, 0.05) is 37.7 Å². The first kappa shape index (κ1) is 19.2. The quantitative estimate of drug-likeness (QED) is 0.732. The highest BCUT2D eigenvalue weighted by Gasteiger charge is 2.15. The average Bonchev–Trinajstić information content (AvgIpc) is 2.66. The maximum absolute atomic E-state index is 12.2. The van der Waals surface area contributed by atoms with Gasteiger partial charge in [-0.05, 0) is 36.2 Å². The van der Waals surface area contributed by atoms with E-state index in [1.807, 2.05) is 12.1 Å². The summed E-state index contributed by atoms with van der Waals surface area (Å²) >= 11 is 0. The first-order chi connectivity index (χ1) is 12.5. The molecule has 7 heteroatoms. The summed E-state index contributed by atoms with van der Waals surface area (Å²) in [5.74, 6) is 0.457. The van der Waals surface area contributed by atoms with Crippen molar-refractivity contribution >= 4 is 17.5 Å². The minimum Gasteiger partial charge on any atom is -0.493 e. The number of nitrogens with zero attached hydrogens (tertiary/aromatic N) is 2. The normalized spacial score (nSPS) is 10.1. The van der Waals surface area contributed by atoms with Crippen LogP contribution in [0, 0.1) is 0 Å². The number of ether oxygens (including phenoxy) is 2. The van der Waals surface area contributed by atoms with Crippen molar-refractivity contribution in [2.24, 2.45) is 0 Å². The van der Waals surface area contributed by atoms with Crippen LogP contribution in [0.5, 0.6) is 11.5 Å². The Morgan fingerprint density at radius 2 is 1.77 bits per heavy atom. The lowest BCUT2D eigenvalue weighted by atomic mass is 10.2. The zero-order valence-electron chi connectivity index (χ0n) is 15.2. The molecule has 0 fully saturated rings. The van der Waals surface area contributed by atoms with E-state index >= 15 is 0 Å². The molecule has 0 saturated heterocycles. The fourth-order valence-corrected chi connectivity index (χ4v) is 2.36. The number of methoxy groups -OCH3 is 2. The van der Waals surface area contributed by atoms with Gasteiger partial charge in [-0.2, -0.15) is 0 Å². The van der Waals surface area contributed by atoms with Crippen molar-refractivity contribution in [2.45, 2.75) is 12.8 Å². The first-order valence-corrected chi connectivity index (χ1v) is 8.18. The van der Waals surface area contributed by atoms with E-state index in [9.17, 15) is 9.59 Å². The van der Waals surface area contributed by atoms with Crippen LogP contribution < -0.4 is 14.8 Å². The molecule has 0 aliphatic rings. The van der Waals surface area contributed by atoms with Gasteiger partial charge < -0.3 is 19.7 Å². The molecule has 0 atom stereocenters. The van der Waals surface area contributed by atoms with Gasteiger partial charge in [0.1, 0.15) is 6.42 Å². The molecule has 1 aromatic heterocycles. The van der Waals surface area contributed by atoms with Gasteiger partial charge in [-0.1, -0.05) is 0 Å². The van der Waals surface area contributed by atoms with E-state index in [4.69, 9.17) is 9.47 Å². The molecule has 2 aromatic rings. The Labute approximate surface area is 152 Å². The number of nitrogens with one attached hydrogen (secondary N) is 1. The Morgan fingerprint density at radius 1 is 1.08 bits per heavy atom. The fourth-order valence-electron chi connectivity index (χ4n) is 2.36. The number of carbonyl (C=O) groups excluding carboxylic acids is 2. The Hall–Kier alpha value is -3.09. The molecule has 0 aliphatic carbocycles. The first-order valence-electron chi connectivity index (χ1n) is 8.18. The lowest BCUT2D eigenvalue weighted by molar-refractivity contribution is -0.133. The van der Waals surface area contributed by atoms with Crippen LogP contribution in [-0.2, 0) is 16.0 Å². The molecule has 0 aliphatic heterocycles. The van der Waals surface area contributed by atoms with E-state index in [2.05, 4.69) is 10.3 Å². The molecule has 1 N–H and O–H groups in total. The SMILES string of the molecule is COc1ccc(NC(=O)CC(=O)N(C)CCc2ccncc2)cc1OC. The van der Waals surface area contributed by atoms with Crippen molar-refractivity contribution in [2.75, 3.05) is 33.1 Å². The third kappa shape index (κ3) is 5.47. The molecule has 7 nitrogen and oxygen atoms in total. The van der Waals surface area contributed by atoms with E-state index in [-0.39, 0.29) is 18.2 Å². The second-order valence-corrected chi connectivity index (χ2v) is 5.72. The van der Waals surface area contributed by atoms with E-state index in [1.165, 1.54) is 14.2 Å². The third-order valence-corrected chi connectivity index (χ3v) is 3.89. The van der Waals surface area contributed by atoms with Gasteiger partial charge in [0.25, 0.3) is 0 Å². The molecular weight excluding hydrogens is 334 g/mol. The van der Waals surface area contributed by atoms with E-state index in [0.717, 1.165) is 5.56 Å². The molecule has 0 spiro atoms. The minimum atomic E-state index is -0.377. The summed E-state index contributed by atoms with van der Waals surface area (Å²) in [6, 6.07) is 8.84. The summed E-state index contributed by atoms with van der Waals surface area (Å²) < 4.78 is 10.3. The smallest absolute Gasteiger partial charge is 0.233 e. The van der Waals surface area contributed by atoms with Gasteiger partial charge in [-0.3, -0.25) is 14.6 Å². The average molecular weight is 357 g/mol. The Bertz CT molecular complexity index is 750. The van der Waals surface area contributed by atoms with Crippen molar-refractivity contribution < 1.29 is 19.1 Å². The second kappa shape index (κ2) is 9.41. The van der Waals surface area contributed by atoms with Gasteiger partial charge in [-0.25, -0.2) is 0 Å². The molecule has 26 heavy (non-hydrogen) atoms. The Morgan fingerprint density at radius 3 is 2.42 bits per heavy atom. The number of hydrogen-bond donors (Lipinski definition) is 1. The standard InChI is InChI=1S/C19H23N3O4/c1-22(11-8-14-6-9-20-10-7-14)19(24)13-18(23)21-15-4-5-16(25-2)17(12-15)26-3/h4-7,9-10,12H,8,11,13H2,1-3H3,(H,21,23). The molecule has 1 heterocycles. The van der Waals surface area contributed by atoms with Crippen molar-refractivity contribution in [1.29, 1.82) is 0 Å². The van der Waals surface area contributed by atoms with Crippen LogP contribution in [0.4, 0.5) is 5.69 Å². The Kier molecular flexibility index (Phi) is 6.96. The number of likely N-dealkylation sites (N-methyl/N-ethyl adjacent to an activating group) is 1. The summed E-state index contributed by atoms with van der Waals surface area (Å²) in [6.45, 7) is 0.534. The fraction of sp³-hybridized carbons (Fsp3) is 0.316. The zero-order chi connectivity index (χ0) is 18.9. The van der Waals surface area contributed by atoms with Gasteiger partial charge in [-0.15, -0.1) is 0 Å². The summed E-state index contributed by atoms with van der Waals surface area (Å²) in [5.41, 5.74) is 1.63. The van der Waals surface area contributed by atoms with Crippen LogP contribution in [0.3, 0.4) is 0 Å². The third-order valence-electron chi connectivity index (χ3n) is 3.89. The van der Waals surface area contributed by atoms with Crippen LogP contribution in [0.1, 0.15) is 12.0 Å². The largest absolute Gasteiger partial charge is 0.493 e.